The molecule has 3 atom stereocenters. The van der Waals surface area contributed by atoms with Crippen molar-refractivity contribution in [3.63, 3.8) is 0 Å². The Kier molecular flexibility index (Phi) is 7.60. The maximum atomic E-state index is 12.3. The predicted octanol–water partition coefficient (Wildman–Crippen LogP) is 2.07. The molecule has 1 saturated carbocycles. The number of amides is 1. The van der Waals surface area contributed by atoms with Gasteiger partial charge in [0.15, 0.2) is 6.61 Å². The lowest BCUT2D eigenvalue weighted by molar-refractivity contribution is -0.147. The van der Waals surface area contributed by atoms with Crippen molar-refractivity contribution in [3.05, 3.63) is 29.3 Å². The van der Waals surface area contributed by atoms with E-state index >= 15 is 0 Å². The van der Waals surface area contributed by atoms with Crippen molar-refractivity contribution in [1.82, 2.24) is 10.0 Å². The second-order valence-electron chi connectivity index (χ2n) is 7.67. The lowest BCUT2D eigenvalue weighted by Crippen LogP contribution is -2.45. The summed E-state index contributed by atoms with van der Waals surface area (Å²) >= 11 is 0. The Morgan fingerprint density at radius 3 is 2.54 bits per heavy atom. The summed E-state index contributed by atoms with van der Waals surface area (Å²) in [5.41, 5.74) is 1.82. The largest absolute Gasteiger partial charge is 0.455 e. The molecular formula is C20H30N2O5S. The molecule has 0 heterocycles. The van der Waals surface area contributed by atoms with E-state index in [1.165, 1.54) is 6.07 Å². The molecule has 1 aliphatic rings. The van der Waals surface area contributed by atoms with Crippen LogP contribution in [0.5, 0.6) is 0 Å². The van der Waals surface area contributed by atoms with Crippen molar-refractivity contribution in [3.8, 4) is 0 Å². The van der Waals surface area contributed by atoms with Crippen molar-refractivity contribution in [1.29, 1.82) is 0 Å². The van der Waals surface area contributed by atoms with Gasteiger partial charge < -0.3 is 10.1 Å². The van der Waals surface area contributed by atoms with E-state index in [9.17, 15) is 18.0 Å². The molecule has 0 radical (unpaired) electrons. The van der Waals surface area contributed by atoms with Crippen LogP contribution >= 0.6 is 0 Å². The van der Waals surface area contributed by atoms with Gasteiger partial charge in [-0.1, -0.05) is 32.8 Å². The molecule has 1 aromatic carbocycles. The third-order valence-corrected chi connectivity index (χ3v) is 7.01. The van der Waals surface area contributed by atoms with Crippen LogP contribution in [-0.2, 0) is 24.3 Å². The van der Waals surface area contributed by atoms with Crippen LogP contribution in [0, 0.1) is 25.7 Å². The fourth-order valence-corrected chi connectivity index (χ4v) is 4.40. The minimum atomic E-state index is -3.82. The van der Waals surface area contributed by atoms with Crippen LogP contribution < -0.4 is 10.0 Å². The summed E-state index contributed by atoms with van der Waals surface area (Å²) in [5.74, 6) is -0.247. The van der Waals surface area contributed by atoms with Gasteiger partial charge in [0.25, 0.3) is 5.91 Å². The molecule has 0 aromatic heterocycles. The molecule has 156 valence electrons. The summed E-state index contributed by atoms with van der Waals surface area (Å²) in [6.07, 6.45) is 3.14. The SMILES string of the molecule is Cc1ccc(S(=O)(=O)NCC(=O)OCC(=O)N[C@H]2CCC[C@@H](C)[C@H]2C)cc1C. The van der Waals surface area contributed by atoms with E-state index in [0.717, 1.165) is 30.4 Å². The molecule has 0 bridgehead atoms. The highest BCUT2D eigenvalue weighted by atomic mass is 32.2. The molecule has 28 heavy (non-hydrogen) atoms. The van der Waals surface area contributed by atoms with Gasteiger partial charge in [0, 0.05) is 6.04 Å². The Labute approximate surface area is 167 Å². The zero-order chi connectivity index (χ0) is 20.9. The van der Waals surface area contributed by atoms with Crippen LogP contribution in [0.2, 0.25) is 0 Å². The van der Waals surface area contributed by atoms with E-state index in [1.54, 1.807) is 12.1 Å². The summed E-state index contributed by atoms with van der Waals surface area (Å²) in [5, 5.41) is 2.91. The van der Waals surface area contributed by atoms with Gasteiger partial charge >= 0.3 is 5.97 Å². The minimum Gasteiger partial charge on any atom is -0.455 e. The normalized spacial score (nSPS) is 22.5. The lowest BCUT2D eigenvalue weighted by Gasteiger charge is -2.34. The molecule has 0 unspecified atom stereocenters. The first kappa shape index (κ1) is 22.4. The third kappa shape index (κ3) is 6.04. The van der Waals surface area contributed by atoms with Gasteiger partial charge in [-0.2, -0.15) is 4.72 Å². The number of nitrogens with one attached hydrogen (secondary N) is 2. The Morgan fingerprint density at radius 1 is 1.14 bits per heavy atom. The molecule has 0 spiro atoms. The monoisotopic (exact) mass is 410 g/mol. The van der Waals surface area contributed by atoms with Crippen LogP contribution in [0.4, 0.5) is 0 Å². The number of aryl methyl sites for hydroxylation is 2. The van der Waals surface area contributed by atoms with E-state index in [1.807, 2.05) is 13.8 Å². The van der Waals surface area contributed by atoms with Crippen molar-refractivity contribution >= 4 is 21.9 Å². The molecule has 0 saturated heterocycles. The summed E-state index contributed by atoms with van der Waals surface area (Å²) in [7, 11) is -3.82. The van der Waals surface area contributed by atoms with Crippen molar-refractivity contribution < 1.29 is 22.7 Å². The second kappa shape index (κ2) is 9.52. The van der Waals surface area contributed by atoms with Gasteiger partial charge in [-0.15, -0.1) is 0 Å². The summed E-state index contributed by atoms with van der Waals surface area (Å²) in [4.78, 5) is 23.9. The van der Waals surface area contributed by atoms with Gasteiger partial charge in [-0.25, -0.2) is 8.42 Å². The van der Waals surface area contributed by atoms with Crippen LogP contribution in [0.25, 0.3) is 0 Å². The van der Waals surface area contributed by atoms with Gasteiger partial charge in [0.2, 0.25) is 10.0 Å². The topological polar surface area (TPSA) is 102 Å². The minimum absolute atomic E-state index is 0.0817. The van der Waals surface area contributed by atoms with Gasteiger partial charge in [0.05, 0.1) is 4.90 Å². The lowest BCUT2D eigenvalue weighted by atomic mass is 9.78. The fraction of sp³-hybridized carbons (Fsp3) is 0.600. The molecule has 2 rings (SSSR count). The fourth-order valence-electron chi connectivity index (χ4n) is 3.35. The second-order valence-corrected chi connectivity index (χ2v) is 9.44. The summed E-state index contributed by atoms with van der Waals surface area (Å²) in [6.45, 7) is 7.04. The van der Waals surface area contributed by atoms with E-state index in [2.05, 4.69) is 23.9 Å². The van der Waals surface area contributed by atoms with Crippen LogP contribution in [0.3, 0.4) is 0 Å². The van der Waals surface area contributed by atoms with E-state index in [0.29, 0.717) is 11.8 Å². The molecule has 7 nitrogen and oxygen atoms in total. The molecule has 1 aliphatic carbocycles. The Balaban J connectivity index is 1.79. The number of carbonyl (C=O) groups is 2. The number of carbonyl (C=O) groups excluding carboxylic acids is 2. The van der Waals surface area contributed by atoms with E-state index in [4.69, 9.17) is 4.74 Å². The average molecular weight is 411 g/mol. The Hall–Kier alpha value is -1.93. The third-order valence-electron chi connectivity index (χ3n) is 5.61. The van der Waals surface area contributed by atoms with Crippen LogP contribution in [0.15, 0.2) is 23.1 Å². The zero-order valence-electron chi connectivity index (χ0n) is 16.9. The highest BCUT2D eigenvalue weighted by Crippen LogP contribution is 2.29. The maximum absolute atomic E-state index is 12.3. The first-order chi connectivity index (χ1) is 13.1. The molecule has 0 aliphatic heterocycles. The number of esters is 1. The summed E-state index contributed by atoms with van der Waals surface area (Å²) < 4.78 is 31.6. The standard InChI is InChI=1S/C20H30N2O5S/c1-13-8-9-17(10-15(13)3)28(25,26)21-11-20(24)27-12-19(23)22-18-7-5-6-14(2)16(18)4/h8-10,14,16,18,21H,5-7,11-12H2,1-4H3,(H,22,23)/t14-,16-,18+/m1/s1. The van der Waals surface area contributed by atoms with E-state index < -0.39 is 29.1 Å². The average Bonchev–Trinajstić information content (AvgIpc) is 2.64. The molecule has 1 aromatic rings. The number of ether oxygens (including phenoxy) is 1. The van der Waals surface area contributed by atoms with Crippen molar-refractivity contribution in [2.75, 3.05) is 13.2 Å². The van der Waals surface area contributed by atoms with Gasteiger partial charge in [-0.3, -0.25) is 9.59 Å². The number of rotatable bonds is 7. The molecular weight excluding hydrogens is 380 g/mol. The quantitative estimate of drug-likeness (QED) is 0.670. The maximum Gasteiger partial charge on any atom is 0.321 e. The molecule has 1 fully saturated rings. The van der Waals surface area contributed by atoms with Crippen LogP contribution in [-0.4, -0.2) is 39.5 Å². The summed E-state index contributed by atoms with van der Waals surface area (Å²) in [6, 6.07) is 4.82. The van der Waals surface area contributed by atoms with Crippen molar-refractivity contribution in [2.45, 2.75) is 57.9 Å². The number of benzene rings is 1. The predicted molar refractivity (Wildman–Crippen MR) is 106 cm³/mol. The number of hydrogen-bond donors (Lipinski definition) is 2. The number of hydrogen-bond acceptors (Lipinski definition) is 5. The smallest absolute Gasteiger partial charge is 0.321 e. The first-order valence-corrected chi connectivity index (χ1v) is 11.1. The first-order valence-electron chi connectivity index (χ1n) is 9.62. The highest BCUT2D eigenvalue weighted by molar-refractivity contribution is 7.89. The molecule has 1 amide bonds. The number of sulfonamides is 1. The Morgan fingerprint density at radius 2 is 1.86 bits per heavy atom. The molecule has 2 N–H and O–H groups in total. The van der Waals surface area contributed by atoms with Gasteiger partial charge in [0.1, 0.15) is 6.54 Å². The Bertz CT molecular complexity index is 822. The highest BCUT2D eigenvalue weighted by Gasteiger charge is 2.28. The van der Waals surface area contributed by atoms with Crippen molar-refractivity contribution in [2.24, 2.45) is 11.8 Å². The molecule has 8 heteroatoms. The van der Waals surface area contributed by atoms with E-state index in [-0.39, 0.29) is 16.8 Å². The van der Waals surface area contributed by atoms with Gasteiger partial charge in [-0.05, 0) is 55.4 Å². The van der Waals surface area contributed by atoms with Crippen LogP contribution in [0.1, 0.15) is 44.2 Å². The zero-order valence-corrected chi connectivity index (χ0v) is 17.8.